The van der Waals surface area contributed by atoms with Gasteiger partial charge in [0.15, 0.2) is 0 Å². The quantitative estimate of drug-likeness (QED) is 0.224. The van der Waals surface area contributed by atoms with E-state index in [1.165, 1.54) is 0 Å². The third kappa shape index (κ3) is 21.9. The molecule has 0 saturated heterocycles. The lowest BCUT2D eigenvalue weighted by molar-refractivity contribution is 0.282. The first-order chi connectivity index (χ1) is 14.9. The molecule has 0 amide bonds. The summed E-state index contributed by atoms with van der Waals surface area (Å²) in [4.78, 5) is 0. The highest BCUT2D eigenvalue weighted by molar-refractivity contribution is 4.50. The van der Waals surface area contributed by atoms with Gasteiger partial charge in [-0.3, -0.25) is 0 Å². The zero-order chi connectivity index (χ0) is 24.7. The second-order valence-electron chi connectivity index (χ2n) is 6.50. The molecule has 146 valence electrons. The molecule has 0 aliphatic rings. The Morgan fingerprint density at radius 1 is 0.333 bits per heavy atom. The van der Waals surface area contributed by atoms with E-state index in [1.807, 2.05) is 0 Å². The lowest BCUT2D eigenvalue weighted by atomic mass is 10.0. The van der Waals surface area contributed by atoms with Gasteiger partial charge in [0.2, 0.25) is 0 Å². The van der Waals surface area contributed by atoms with Gasteiger partial charge in [-0.05, 0) is 12.8 Å². The van der Waals surface area contributed by atoms with Crippen molar-refractivity contribution in [3.05, 3.63) is 0 Å². The third-order valence-electron chi connectivity index (χ3n) is 4.16. The van der Waals surface area contributed by atoms with Gasteiger partial charge in [-0.2, -0.15) is 0 Å². The lowest BCUT2D eigenvalue weighted by Crippen LogP contribution is -1.85. The van der Waals surface area contributed by atoms with Gasteiger partial charge in [0, 0.05) is 24.2 Å². The zero-order valence-corrected chi connectivity index (χ0v) is 15.6. The molecular formula is C22H46O2. The molecule has 0 aromatic carbocycles. The normalized spacial score (nSPS) is 18.6. The van der Waals surface area contributed by atoms with Gasteiger partial charge in [-0.15, -0.1) is 0 Å². The summed E-state index contributed by atoms with van der Waals surface area (Å²) in [6.45, 7) is 0.381. The van der Waals surface area contributed by atoms with Crippen molar-refractivity contribution in [3.63, 3.8) is 0 Å². The van der Waals surface area contributed by atoms with E-state index in [1.54, 1.807) is 0 Å². The average Bonchev–Trinajstić information content (AvgIpc) is 2.71. The standard InChI is InChI=1S/C22H46O2/c23-21-19-17-15-13-11-9-7-5-3-1-2-4-6-8-10-12-14-16-18-20-22-24/h23-24H,1-22H2/i1D2,2D2,3D2,4D2. The highest BCUT2D eigenvalue weighted by atomic mass is 16.3. The Balaban J connectivity index is 4.55. The molecule has 0 aromatic heterocycles. The monoisotopic (exact) mass is 350 g/mol. The van der Waals surface area contributed by atoms with E-state index in [4.69, 9.17) is 21.2 Å². The molecule has 0 fully saturated rings. The Morgan fingerprint density at radius 3 is 0.875 bits per heavy atom. The van der Waals surface area contributed by atoms with E-state index >= 15 is 0 Å². The van der Waals surface area contributed by atoms with Crippen LogP contribution >= 0.6 is 0 Å². The van der Waals surface area contributed by atoms with E-state index in [0.29, 0.717) is 12.8 Å². The molecule has 0 saturated carbocycles. The first kappa shape index (κ1) is 13.1. The summed E-state index contributed by atoms with van der Waals surface area (Å²) >= 11 is 0. The minimum atomic E-state index is -2.95. The summed E-state index contributed by atoms with van der Waals surface area (Å²) < 4.78 is 65.7. The van der Waals surface area contributed by atoms with Crippen LogP contribution in [0.5, 0.6) is 0 Å². The highest BCUT2D eigenvalue weighted by Gasteiger charge is 1.95. The molecule has 0 heterocycles. The molecule has 2 nitrogen and oxygen atoms in total. The molecule has 0 aliphatic carbocycles. The molecule has 0 atom stereocenters. The van der Waals surface area contributed by atoms with Crippen LogP contribution in [0.4, 0.5) is 0 Å². The fraction of sp³-hybridized carbons (Fsp3) is 1.00. The van der Waals surface area contributed by atoms with Gasteiger partial charge in [0.1, 0.15) is 0 Å². The van der Waals surface area contributed by atoms with Gasteiger partial charge < -0.3 is 10.2 Å². The van der Waals surface area contributed by atoms with Gasteiger partial charge in [-0.1, -0.05) is 115 Å². The fourth-order valence-electron chi connectivity index (χ4n) is 2.63. The third-order valence-corrected chi connectivity index (χ3v) is 4.16. The molecular weight excluding hydrogens is 296 g/mol. The van der Waals surface area contributed by atoms with E-state index in [9.17, 15) is 0 Å². The van der Waals surface area contributed by atoms with Crippen molar-refractivity contribution in [2.45, 2.75) is 128 Å². The number of unbranched alkanes of at least 4 members (excludes halogenated alkanes) is 12. The molecule has 0 spiro atoms. The van der Waals surface area contributed by atoms with Crippen LogP contribution in [-0.4, -0.2) is 23.4 Å². The largest absolute Gasteiger partial charge is 0.396 e. The maximum atomic E-state index is 8.76. The van der Waals surface area contributed by atoms with Crippen molar-refractivity contribution in [1.29, 1.82) is 0 Å². The Morgan fingerprint density at radius 2 is 0.583 bits per heavy atom. The summed E-state index contributed by atoms with van der Waals surface area (Å²) in [5, 5.41) is 17.5. The number of aliphatic hydroxyl groups is 2. The van der Waals surface area contributed by atoms with E-state index in [0.717, 1.165) is 77.0 Å². The number of hydrogen-bond donors (Lipinski definition) is 2. The zero-order valence-electron chi connectivity index (χ0n) is 23.6. The van der Waals surface area contributed by atoms with E-state index in [-0.39, 0.29) is 26.1 Å². The van der Waals surface area contributed by atoms with Crippen LogP contribution in [0.2, 0.25) is 0 Å². The van der Waals surface area contributed by atoms with Crippen LogP contribution in [0.25, 0.3) is 0 Å². The smallest absolute Gasteiger partial charge is 0.0431 e. The maximum absolute atomic E-state index is 8.76. The van der Waals surface area contributed by atoms with Gasteiger partial charge >= 0.3 is 0 Å². The minimum Gasteiger partial charge on any atom is -0.396 e. The molecule has 2 heteroatoms. The molecule has 0 radical (unpaired) electrons. The number of hydrogen-bond acceptors (Lipinski definition) is 2. The van der Waals surface area contributed by atoms with Crippen LogP contribution < -0.4 is 0 Å². The average molecular weight is 351 g/mol. The van der Waals surface area contributed by atoms with Crippen LogP contribution in [0.3, 0.4) is 0 Å². The lowest BCUT2D eigenvalue weighted by Gasteiger charge is -2.04. The van der Waals surface area contributed by atoms with Gasteiger partial charge in [0.05, 0.1) is 0 Å². The summed E-state index contributed by atoms with van der Waals surface area (Å²) in [7, 11) is 0. The first-order valence-electron chi connectivity index (χ1n) is 14.1. The van der Waals surface area contributed by atoms with E-state index in [2.05, 4.69) is 0 Å². The predicted molar refractivity (Wildman–Crippen MR) is 107 cm³/mol. The molecule has 0 aliphatic heterocycles. The molecule has 0 bridgehead atoms. The van der Waals surface area contributed by atoms with Crippen LogP contribution in [0.1, 0.15) is 139 Å². The van der Waals surface area contributed by atoms with Crippen molar-refractivity contribution in [2.75, 3.05) is 13.2 Å². The second-order valence-corrected chi connectivity index (χ2v) is 6.50. The number of aliphatic hydroxyl groups excluding tert-OH is 2. The summed E-state index contributed by atoms with van der Waals surface area (Å²) in [5.41, 5.74) is 0. The van der Waals surface area contributed by atoms with Crippen molar-refractivity contribution >= 4 is 0 Å². The minimum absolute atomic E-state index is 0.139. The van der Waals surface area contributed by atoms with Crippen LogP contribution in [0.15, 0.2) is 0 Å². The summed E-state index contributed by atoms with van der Waals surface area (Å²) in [5.74, 6) is 0. The number of rotatable bonds is 21. The molecule has 0 aromatic rings. The summed E-state index contributed by atoms with van der Waals surface area (Å²) in [6.07, 6.45) is 0.407. The fourth-order valence-corrected chi connectivity index (χ4v) is 2.63. The van der Waals surface area contributed by atoms with Crippen molar-refractivity contribution in [3.8, 4) is 0 Å². The van der Waals surface area contributed by atoms with E-state index < -0.39 is 25.5 Å². The van der Waals surface area contributed by atoms with Crippen LogP contribution in [0, 0.1) is 0 Å². The Labute approximate surface area is 163 Å². The maximum Gasteiger partial charge on any atom is 0.0431 e. The Hall–Kier alpha value is -0.0800. The van der Waals surface area contributed by atoms with Crippen LogP contribution in [-0.2, 0) is 0 Å². The van der Waals surface area contributed by atoms with Crippen molar-refractivity contribution < 1.29 is 21.2 Å². The molecule has 24 heavy (non-hydrogen) atoms. The van der Waals surface area contributed by atoms with Gasteiger partial charge in [0.25, 0.3) is 0 Å². The Bertz CT molecular complexity index is 431. The predicted octanol–water partition coefficient (Wildman–Crippen LogP) is 6.77. The van der Waals surface area contributed by atoms with Gasteiger partial charge in [-0.25, -0.2) is 0 Å². The molecule has 2 N–H and O–H groups in total. The SMILES string of the molecule is [2H]C([2H])(CCCCCCCCCO)C([2H])([2H])C([2H])([2H])C([2H])([2H])CCCCCCCCCO. The molecule has 0 unspecified atom stereocenters. The van der Waals surface area contributed by atoms with Crippen molar-refractivity contribution in [1.82, 2.24) is 0 Å². The highest BCUT2D eigenvalue weighted by Crippen LogP contribution is 2.14. The Kier molecular flexibility index (Phi) is 12.6. The molecule has 0 rings (SSSR count). The first-order valence-corrected chi connectivity index (χ1v) is 10.1. The second kappa shape index (κ2) is 22.9. The van der Waals surface area contributed by atoms with Crippen molar-refractivity contribution in [2.24, 2.45) is 0 Å². The summed E-state index contributed by atoms with van der Waals surface area (Å²) in [6, 6.07) is 0. The topological polar surface area (TPSA) is 40.5 Å².